The van der Waals surface area contributed by atoms with Crippen LogP contribution >= 0.6 is 22.6 Å². The van der Waals surface area contributed by atoms with E-state index in [1.807, 2.05) is 20.8 Å². The standard InChI is InChI=1S/C34H55F3IN5O7S/c1-8-18-39-28(45)25(44)23(14-17-34(35,36)37)40-29(46)27(38)43(20-22(4)21(2)3)30(47)26(32(5,6)7)41-31(48)42-33(15-10-9-11-16-33)24-13-12-19-51(24,49)50/h8,21-24,26-27H,1,9-20H2,2-7H3,(H,39,45)(H,40,46)(H2,41,42,48)/t22-,23?,24?,26-,27-/m1/s1. The Bertz CT molecular complexity index is 1380. The molecule has 1 saturated carbocycles. The Labute approximate surface area is 313 Å². The molecule has 292 valence electrons. The molecule has 0 bridgehead atoms. The topological polar surface area (TPSA) is 171 Å². The smallest absolute Gasteiger partial charge is 0.346 e. The van der Waals surface area contributed by atoms with Crippen LogP contribution in [0.1, 0.15) is 99.3 Å². The Kier molecular flexibility index (Phi) is 16.3. The molecule has 1 heterocycles. The molecule has 0 aromatic rings. The van der Waals surface area contributed by atoms with Crippen LogP contribution in [0.4, 0.5) is 18.0 Å². The van der Waals surface area contributed by atoms with Crippen molar-refractivity contribution < 1.29 is 45.6 Å². The predicted octanol–water partition coefficient (Wildman–Crippen LogP) is 4.56. The summed E-state index contributed by atoms with van der Waals surface area (Å²) in [5.74, 6) is -4.20. The average Bonchev–Trinajstić information content (AvgIpc) is 3.40. The van der Waals surface area contributed by atoms with E-state index in [0.29, 0.717) is 25.7 Å². The Morgan fingerprint density at radius 3 is 2.10 bits per heavy atom. The first-order chi connectivity index (χ1) is 23.5. The lowest BCUT2D eigenvalue weighted by atomic mass is 9.78. The van der Waals surface area contributed by atoms with E-state index in [4.69, 9.17) is 0 Å². The van der Waals surface area contributed by atoms with Gasteiger partial charge in [-0.2, -0.15) is 13.2 Å². The molecule has 17 heteroatoms. The lowest BCUT2D eigenvalue weighted by molar-refractivity contribution is -0.146. The number of rotatable bonds is 16. The van der Waals surface area contributed by atoms with Crippen LogP contribution in [0, 0.1) is 17.3 Å². The Morgan fingerprint density at radius 2 is 1.61 bits per heavy atom. The maximum absolute atomic E-state index is 14.5. The number of halogens is 4. The van der Waals surface area contributed by atoms with E-state index in [1.54, 1.807) is 43.4 Å². The first-order valence-corrected chi connectivity index (χ1v) is 20.5. The molecule has 2 aliphatic rings. The normalized spacial score (nSPS) is 21.0. The number of sulfone groups is 1. The molecule has 0 radical (unpaired) electrons. The molecule has 0 aromatic carbocycles. The number of nitrogens with one attached hydrogen (secondary N) is 4. The average molecular weight is 862 g/mol. The number of hydrogen-bond donors (Lipinski definition) is 4. The minimum atomic E-state index is -4.68. The first-order valence-electron chi connectivity index (χ1n) is 17.5. The van der Waals surface area contributed by atoms with Gasteiger partial charge in [-0.25, -0.2) is 13.2 Å². The lowest BCUT2D eigenvalue weighted by Crippen LogP contribution is -2.65. The highest BCUT2D eigenvalue weighted by Crippen LogP contribution is 2.39. The third-order valence-corrected chi connectivity index (χ3v) is 13.5. The second kappa shape index (κ2) is 18.5. The largest absolute Gasteiger partial charge is 0.389 e. The summed E-state index contributed by atoms with van der Waals surface area (Å²) >= 11 is 1.66. The predicted molar refractivity (Wildman–Crippen MR) is 196 cm³/mol. The maximum atomic E-state index is 14.5. The molecule has 1 saturated heterocycles. The number of Topliss-reactive ketones (excluding diaryl/α,β-unsaturated/α-hetero) is 1. The molecule has 12 nitrogen and oxygen atoms in total. The molecular formula is C34H55F3IN5O7S. The van der Waals surface area contributed by atoms with Crippen LogP contribution in [-0.2, 0) is 29.0 Å². The summed E-state index contributed by atoms with van der Waals surface area (Å²) in [5.41, 5.74) is -1.91. The van der Waals surface area contributed by atoms with E-state index in [0.717, 1.165) is 19.3 Å². The van der Waals surface area contributed by atoms with Gasteiger partial charge in [-0.1, -0.05) is 66.9 Å². The number of alkyl halides is 4. The monoisotopic (exact) mass is 861 g/mol. The van der Waals surface area contributed by atoms with Crippen molar-refractivity contribution in [3.63, 3.8) is 0 Å². The van der Waals surface area contributed by atoms with Crippen LogP contribution < -0.4 is 21.3 Å². The molecule has 2 rings (SSSR count). The molecule has 4 N–H and O–H groups in total. The van der Waals surface area contributed by atoms with Crippen molar-refractivity contribution in [1.82, 2.24) is 26.2 Å². The molecule has 1 aliphatic heterocycles. The zero-order valence-corrected chi connectivity index (χ0v) is 33.4. The molecular weight excluding hydrogens is 806 g/mol. The number of amides is 5. The zero-order valence-electron chi connectivity index (χ0n) is 30.5. The summed E-state index contributed by atoms with van der Waals surface area (Å²) in [6.07, 6.45) is -1.48. The fourth-order valence-electron chi connectivity index (χ4n) is 6.51. The van der Waals surface area contributed by atoms with Gasteiger partial charge < -0.3 is 26.2 Å². The molecule has 51 heavy (non-hydrogen) atoms. The minimum Gasteiger partial charge on any atom is -0.346 e. The third kappa shape index (κ3) is 12.9. The SMILES string of the molecule is C=CCNC(=O)C(=O)C(CCC(F)(F)F)NC(=O)[C@H](I)N(C[C@@H](C)C(C)C)C(=O)[C@@H](NC(=O)NC1(C2CCCS2(=O)=O)CCCCC1)C(C)(C)C. The number of carbonyl (C=O) groups is 5. The van der Waals surface area contributed by atoms with Gasteiger partial charge in [0.25, 0.3) is 11.8 Å². The van der Waals surface area contributed by atoms with Crippen molar-refractivity contribution in [1.29, 1.82) is 0 Å². The van der Waals surface area contributed by atoms with Crippen molar-refractivity contribution in [3.8, 4) is 0 Å². The highest BCUT2D eigenvalue weighted by molar-refractivity contribution is 14.1. The first kappa shape index (κ1) is 44.7. The van der Waals surface area contributed by atoms with Gasteiger partial charge in [-0.3, -0.25) is 19.2 Å². The number of hydrogen-bond acceptors (Lipinski definition) is 7. The number of nitrogens with zero attached hydrogens (tertiary/aromatic N) is 1. The van der Waals surface area contributed by atoms with Gasteiger partial charge in [-0.15, -0.1) is 6.58 Å². The quantitative estimate of drug-likeness (QED) is 0.0580. The summed E-state index contributed by atoms with van der Waals surface area (Å²) < 4.78 is 64.2. The van der Waals surface area contributed by atoms with Gasteiger partial charge in [-0.05, 0) is 71.9 Å². The van der Waals surface area contributed by atoms with Crippen molar-refractivity contribution in [3.05, 3.63) is 12.7 Å². The minimum absolute atomic E-state index is 0.0125. The highest BCUT2D eigenvalue weighted by Gasteiger charge is 2.50. The summed E-state index contributed by atoms with van der Waals surface area (Å²) in [6.45, 7) is 14.1. The third-order valence-electron chi connectivity index (χ3n) is 9.82. The Hall–Kier alpha value is -2.44. The van der Waals surface area contributed by atoms with E-state index in [1.165, 1.54) is 11.0 Å². The van der Waals surface area contributed by atoms with Crippen molar-refractivity contribution in [2.45, 2.75) is 132 Å². The number of ketones is 1. The molecule has 0 aromatic heterocycles. The molecule has 2 unspecified atom stereocenters. The summed E-state index contributed by atoms with van der Waals surface area (Å²) in [4.78, 5) is 68.4. The van der Waals surface area contributed by atoms with Crippen LogP contribution in [0.15, 0.2) is 12.7 Å². The molecule has 0 spiro atoms. The molecule has 5 amide bonds. The van der Waals surface area contributed by atoms with Crippen LogP contribution in [0.25, 0.3) is 0 Å². The van der Waals surface area contributed by atoms with Crippen molar-refractivity contribution >= 4 is 62.0 Å². The van der Waals surface area contributed by atoms with Crippen molar-refractivity contribution in [2.75, 3.05) is 18.8 Å². The van der Waals surface area contributed by atoms with Crippen LogP contribution in [-0.4, -0.2) is 94.8 Å². The second-order valence-corrected chi connectivity index (χ2v) is 18.7. The van der Waals surface area contributed by atoms with Gasteiger partial charge in [0.2, 0.25) is 11.7 Å². The van der Waals surface area contributed by atoms with Gasteiger partial charge >= 0.3 is 12.2 Å². The fourth-order valence-corrected chi connectivity index (χ4v) is 9.56. The van der Waals surface area contributed by atoms with Gasteiger partial charge in [0.1, 0.15) is 6.04 Å². The number of urea groups is 1. The summed E-state index contributed by atoms with van der Waals surface area (Å²) in [7, 11) is -3.44. The molecule has 1 aliphatic carbocycles. The van der Waals surface area contributed by atoms with Gasteiger partial charge in [0, 0.05) is 19.5 Å². The summed E-state index contributed by atoms with van der Waals surface area (Å²) in [6, 6.07) is -3.78. The van der Waals surface area contributed by atoms with Gasteiger partial charge in [0.05, 0.1) is 22.6 Å². The molecule has 2 fully saturated rings. The van der Waals surface area contributed by atoms with E-state index in [2.05, 4.69) is 27.8 Å². The van der Waals surface area contributed by atoms with E-state index in [-0.39, 0.29) is 30.7 Å². The van der Waals surface area contributed by atoms with E-state index >= 15 is 0 Å². The van der Waals surface area contributed by atoms with Crippen LogP contribution in [0.2, 0.25) is 0 Å². The van der Waals surface area contributed by atoms with E-state index < -0.39 is 90.7 Å². The number of carbonyl (C=O) groups excluding carboxylic acids is 5. The second-order valence-electron chi connectivity index (χ2n) is 15.2. The van der Waals surface area contributed by atoms with Gasteiger partial charge in [0.15, 0.2) is 13.9 Å². The van der Waals surface area contributed by atoms with Crippen LogP contribution in [0.3, 0.4) is 0 Å². The maximum Gasteiger partial charge on any atom is 0.389 e. The summed E-state index contributed by atoms with van der Waals surface area (Å²) in [5, 5.41) is 9.49. The lowest BCUT2D eigenvalue weighted by Gasteiger charge is -2.43. The zero-order chi connectivity index (χ0) is 38.9. The van der Waals surface area contributed by atoms with Crippen molar-refractivity contribution in [2.24, 2.45) is 17.3 Å². The Balaban J connectivity index is 2.43. The Morgan fingerprint density at radius 1 is 1.00 bits per heavy atom. The fraction of sp³-hybridized carbons (Fsp3) is 0.794. The van der Waals surface area contributed by atoms with Crippen LogP contribution in [0.5, 0.6) is 0 Å². The molecule has 5 atom stereocenters. The highest BCUT2D eigenvalue weighted by atomic mass is 127. The van der Waals surface area contributed by atoms with E-state index in [9.17, 15) is 45.6 Å².